The van der Waals surface area contributed by atoms with E-state index < -0.39 is 53.1 Å². The summed E-state index contributed by atoms with van der Waals surface area (Å²) in [4.78, 5) is 42.9. The Morgan fingerprint density at radius 3 is 2.13 bits per heavy atom. The van der Waals surface area contributed by atoms with Gasteiger partial charge < -0.3 is 14.4 Å². The molecule has 0 aromatic carbocycles. The maximum Gasteiger partial charge on any atom is 0.418 e. The summed E-state index contributed by atoms with van der Waals surface area (Å²) in [5.74, 6) is -1.12. The van der Waals surface area contributed by atoms with Crippen molar-refractivity contribution in [3.05, 3.63) is 28.6 Å². The number of imide groups is 1. The topological polar surface area (TPSA) is 89.0 Å². The minimum Gasteiger partial charge on any atom is -0.444 e. The standard InChI is InChI=1S/C20H26F3N3O5/c1-18(2,3)30-16(28)25(7)10-13-11-9-26(17(29)31-19(4,5)6)15(27)14(11)12(8-24-13)20(21,22)23/h8H,9-10H2,1-7H3. The van der Waals surface area contributed by atoms with Crippen LogP contribution in [0.5, 0.6) is 0 Å². The van der Waals surface area contributed by atoms with Crippen LogP contribution in [0.15, 0.2) is 6.20 Å². The highest BCUT2D eigenvalue weighted by atomic mass is 19.4. The highest BCUT2D eigenvalue weighted by Crippen LogP contribution is 2.38. The van der Waals surface area contributed by atoms with Crippen LogP contribution in [0, 0.1) is 0 Å². The van der Waals surface area contributed by atoms with Crippen molar-refractivity contribution in [3.8, 4) is 0 Å². The normalized spacial score (nSPS) is 14.4. The van der Waals surface area contributed by atoms with E-state index in [1.54, 1.807) is 41.5 Å². The summed E-state index contributed by atoms with van der Waals surface area (Å²) >= 11 is 0. The van der Waals surface area contributed by atoms with Gasteiger partial charge in [0, 0.05) is 18.8 Å². The van der Waals surface area contributed by atoms with Crippen LogP contribution in [-0.2, 0) is 28.7 Å². The Morgan fingerprint density at radius 2 is 1.65 bits per heavy atom. The number of carbonyl (C=O) groups excluding carboxylic acids is 3. The predicted octanol–water partition coefficient (Wildman–Crippen LogP) is 4.36. The lowest BCUT2D eigenvalue weighted by Crippen LogP contribution is -2.37. The van der Waals surface area contributed by atoms with Gasteiger partial charge in [-0.15, -0.1) is 0 Å². The quantitative estimate of drug-likeness (QED) is 0.672. The van der Waals surface area contributed by atoms with Crippen LogP contribution in [0.1, 0.15) is 68.7 Å². The Hall–Kier alpha value is -2.85. The zero-order valence-electron chi connectivity index (χ0n) is 18.5. The number of hydrogen-bond acceptors (Lipinski definition) is 6. The van der Waals surface area contributed by atoms with Gasteiger partial charge in [-0.1, -0.05) is 0 Å². The highest BCUT2D eigenvalue weighted by Gasteiger charge is 2.45. The van der Waals surface area contributed by atoms with Gasteiger partial charge in [0.1, 0.15) is 11.2 Å². The number of rotatable bonds is 2. The predicted molar refractivity (Wildman–Crippen MR) is 103 cm³/mol. The van der Waals surface area contributed by atoms with Gasteiger partial charge in [-0.05, 0) is 41.5 Å². The lowest BCUT2D eigenvalue weighted by Gasteiger charge is -2.25. The maximum atomic E-state index is 13.5. The molecule has 1 aromatic heterocycles. The molecular formula is C20H26F3N3O5. The van der Waals surface area contributed by atoms with E-state index in [-0.39, 0.29) is 17.8 Å². The first kappa shape index (κ1) is 24.4. The second-order valence-electron chi connectivity index (χ2n) is 9.18. The molecule has 0 bridgehead atoms. The minimum atomic E-state index is -4.85. The zero-order valence-corrected chi connectivity index (χ0v) is 18.5. The molecule has 1 aromatic rings. The molecule has 0 unspecified atom stereocenters. The van der Waals surface area contributed by atoms with E-state index in [2.05, 4.69) is 4.98 Å². The van der Waals surface area contributed by atoms with Crippen molar-refractivity contribution >= 4 is 18.1 Å². The molecule has 0 fully saturated rings. The number of nitrogens with zero attached hydrogens (tertiary/aromatic N) is 3. The first-order valence-corrected chi connectivity index (χ1v) is 9.47. The van der Waals surface area contributed by atoms with Crippen molar-refractivity contribution in [2.45, 2.75) is 72.0 Å². The molecule has 3 amide bonds. The summed E-state index contributed by atoms with van der Waals surface area (Å²) in [7, 11) is 1.39. The Balaban J connectivity index is 2.43. The third-order valence-corrected chi connectivity index (χ3v) is 4.06. The van der Waals surface area contributed by atoms with Gasteiger partial charge in [0.2, 0.25) is 0 Å². The molecule has 1 aliphatic rings. The van der Waals surface area contributed by atoms with Crippen molar-refractivity contribution in [2.75, 3.05) is 7.05 Å². The average molecular weight is 445 g/mol. The third kappa shape index (κ3) is 5.86. The third-order valence-electron chi connectivity index (χ3n) is 4.06. The smallest absolute Gasteiger partial charge is 0.418 e. The fourth-order valence-electron chi connectivity index (χ4n) is 2.82. The molecule has 0 N–H and O–H groups in total. The second kappa shape index (κ2) is 8.01. The summed E-state index contributed by atoms with van der Waals surface area (Å²) in [6.45, 7) is 9.06. The van der Waals surface area contributed by atoms with Gasteiger partial charge >= 0.3 is 18.4 Å². The number of alkyl halides is 3. The Bertz CT molecular complexity index is 901. The monoisotopic (exact) mass is 445 g/mol. The Morgan fingerprint density at radius 1 is 1.10 bits per heavy atom. The molecule has 0 saturated carbocycles. The fourth-order valence-corrected chi connectivity index (χ4v) is 2.82. The number of aromatic nitrogens is 1. The molecule has 2 heterocycles. The molecule has 11 heteroatoms. The van der Waals surface area contributed by atoms with Crippen LogP contribution < -0.4 is 0 Å². The van der Waals surface area contributed by atoms with Crippen LogP contribution in [0.4, 0.5) is 22.8 Å². The van der Waals surface area contributed by atoms with E-state index in [0.717, 1.165) is 4.90 Å². The molecule has 1 aliphatic heterocycles. The van der Waals surface area contributed by atoms with E-state index >= 15 is 0 Å². The largest absolute Gasteiger partial charge is 0.444 e. The Labute approximate surface area is 178 Å². The van der Waals surface area contributed by atoms with Crippen molar-refractivity contribution in [1.29, 1.82) is 0 Å². The maximum absolute atomic E-state index is 13.5. The molecule has 31 heavy (non-hydrogen) atoms. The molecule has 0 spiro atoms. The van der Waals surface area contributed by atoms with Crippen molar-refractivity contribution in [3.63, 3.8) is 0 Å². The summed E-state index contributed by atoms with van der Waals surface area (Å²) in [6.07, 6.45) is -6.09. The summed E-state index contributed by atoms with van der Waals surface area (Å²) in [5.41, 5.74) is -3.67. The van der Waals surface area contributed by atoms with E-state index in [1.165, 1.54) is 7.05 Å². The van der Waals surface area contributed by atoms with E-state index in [0.29, 0.717) is 11.1 Å². The number of ether oxygens (including phenoxy) is 2. The molecule has 0 radical (unpaired) electrons. The molecule has 8 nitrogen and oxygen atoms in total. The van der Waals surface area contributed by atoms with Crippen LogP contribution in [0.25, 0.3) is 0 Å². The van der Waals surface area contributed by atoms with E-state index in [9.17, 15) is 27.6 Å². The average Bonchev–Trinajstić information content (AvgIpc) is 2.89. The van der Waals surface area contributed by atoms with E-state index in [1.807, 2.05) is 0 Å². The van der Waals surface area contributed by atoms with Gasteiger partial charge in [-0.25, -0.2) is 14.5 Å². The fraction of sp³-hybridized carbons (Fsp3) is 0.600. The summed E-state index contributed by atoms with van der Waals surface area (Å²) in [6, 6.07) is 0. The van der Waals surface area contributed by atoms with Crippen LogP contribution in [0.3, 0.4) is 0 Å². The van der Waals surface area contributed by atoms with Crippen LogP contribution in [-0.4, -0.2) is 51.1 Å². The molecule has 0 saturated heterocycles. The van der Waals surface area contributed by atoms with Gasteiger partial charge in [-0.3, -0.25) is 9.78 Å². The zero-order chi connectivity index (χ0) is 23.9. The van der Waals surface area contributed by atoms with E-state index in [4.69, 9.17) is 9.47 Å². The minimum absolute atomic E-state index is 0.0516. The molecule has 0 aliphatic carbocycles. The van der Waals surface area contributed by atoms with Crippen molar-refractivity contribution in [2.24, 2.45) is 0 Å². The first-order valence-electron chi connectivity index (χ1n) is 9.47. The number of hydrogen-bond donors (Lipinski definition) is 0. The van der Waals surface area contributed by atoms with Crippen molar-refractivity contribution in [1.82, 2.24) is 14.8 Å². The first-order chi connectivity index (χ1) is 13.9. The number of carbonyl (C=O) groups is 3. The number of halogens is 3. The van der Waals surface area contributed by atoms with Gasteiger partial charge in [0.15, 0.2) is 0 Å². The van der Waals surface area contributed by atoms with Gasteiger partial charge in [0.05, 0.1) is 29.9 Å². The highest BCUT2D eigenvalue weighted by molar-refractivity contribution is 6.07. The summed E-state index contributed by atoms with van der Waals surface area (Å²) < 4.78 is 50.9. The lowest BCUT2D eigenvalue weighted by molar-refractivity contribution is -0.138. The SMILES string of the molecule is CN(Cc1ncc(C(F)(F)F)c2c1CN(C(=O)OC(C)(C)C)C2=O)C(=O)OC(C)(C)C. The second-order valence-corrected chi connectivity index (χ2v) is 9.18. The van der Waals surface area contributed by atoms with Crippen LogP contribution in [0.2, 0.25) is 0 Å². The van der Waals surface area contributed by atoms with Gasteiger partial charge in [0.25, 0.3) is 5.91 Å². The molecular weight excluding hydrogens is 419 g/mol. The van der Waals surface area contributed by atoms with Crippen molar-refractivity contribution < 1.29 is 37.0 Å². The number of pyridine rings is 1. The number of amides is 3. The number of fused-ring (bicyclic) bond motifs is 1. The summed E-state index contributed by atoms with van der Waals surface area (Å²) in [5, 5.41) is 0. The van der Waals surface area contributed by atoms with Gasteiger partial charge in [-0.2, -0.15) is 13.2 Å². The Kier molecular flexibility index (Phi) is 6.31. The molecule has 172 valence electrons. The lowest BCUT2D eigenvalue weighted by atomic mass is 10.0. The molecule has 0 atom stereocenters. The molecule has 2 rings (SSSR count). The van der Waals surface area contributed by atoms with Crippen LogP contribution >= 0.6 is 0 Å².